The quantitative estimate of drug-likeness (QED) is 0.305. The summed E-state index contributed by atoms with van der Waals surface area (Å²) in [7, 11) is 0. The van der Waals surface area contributed by atoms with Crippen LogP contribution in [0.4, 0.5) is 4.79 Å². The number of hydrogen-bond donors (Lipinski definition) is 4. The van der Waals surface area contributed by atoms with Crippen LogP contribution in [0.15, 0.2) is 24.3 Å². The van der Waals surface area contributed by atoms with Gasteiger partial charge < -0.3 is 31.5 Å². The molecular formula is C36H60N6O6. The Labute approximate surface area is 287 Å². The largest absolute Gasteiger partial charge is 0.363 e. The van der Waals surface area contributed by atoms with Crippen molar-refractivity contribution in [1.82, 2.24) is 25.8 Å². The third-order valence-electron chi connectivity index (χ3n) is 8.21. The van der Waals surface area contributed by atoms with Crippen LogP contribution in [0, 0.1) is 17.3 Å². The van der Waals surface area contributed by atoms with Gasteiger partial charge in [0.25, 0.3) is 5.91 Å². The van der Waals surface area contributed by atoms with Crippen LogP contribution in [-0.2, 0) is 37.1 Å². The number of urea groups is 1. The Morgan fingerprint density at radius 3 is 1.85 bits per heavy atom. The van der Waals surface area contributed by atoms with Crippen LogP contribution >= 0.6 is 0 Å². The smallest absolute Gasteiger partial charge is 0.315 e. The molecule has 0 aromatic heterocycles. The lowest BCUT2D eigenvalue weighted by Crippen LogP contribution is -2.60. The Bertz CT molecular complexity index is 1240. The lowest BCUT2D eigenvalue weighted by Gasteiger charge is -2.35. The molecule has 3 aliphatic rings. The molecule has 12 nitrogen and oxygen atoms in total. The number of ketones is 1. The minimum absolute atomic E-state index is 0. The lowest BCUT2D eigenvalue weighted by molar-refractivity contribution is -0.143. The fraction of sp³-hybridized carbons (Fsp3) is 0.667. The van der Waals surface area contributed by atoms with Gasteiger partial charge in [-0.1, -0.05) is 99.4 Å². The monoisotopic (exact) mass is 672 g/mol. The van der Waals surface area contributed by atoms with E-state index >= 15 is 0 Å². The molecule has 12 heteroatoms. The van der Waals surface area contributed by atoms with Gasteiger partial charge in [0.1, 0.15) is 12.1 Å². The van der Waals surface area contributed by atoms with Crippen molar-refractivity contribution in [1.29, 1.82) is 0 Å². The Kier molecular flexibility index (Phi) is 16.8. The van der Waals surface area contributed by atoms with Crippen molar-refractivity contribution in [3.8, 4) is 0 Å². The first kappa shape index (κ1) is 42.1. The van der Waals surface area contributed by atoms with Crippen LogP contribution in [0.2, 0.25) is 0 Å². The molecule has 2 heterocycles. The fourth-order valence-corrected chi connectivity index (χ4v) is 5.28. The molecule has 2 aliphatic heterocycles. The standard InChI is InChI=1S/C26H36N6O6.C5H10.C4H10.CH4/c1-15(20(34)22(27)35)29-23(36)18-10-7-11-32(18)24(37)21(26(2,3)4)30-25(38)28-12-19(33)31-13-16-8-5-6-9-17(16)14-31;1-5-3-2-4-5;1-4(2)3;/h5-6,8-9,15,18,21H,7,10-14H2,1-4H3,(H2,27,35)(H,29,36)(H2,28,30,38);5H,2-4H2,1H3;4H,1-3H3;1H4. The summed E-state index contributed by atoms with van der Waals surface area (Å²) in [6.07, 6.45) is 5.38. The summed E-state index contributed by atoms with van der Waals surface area (Å²) in [5.41, 5.74) is 6.43. The van der Waals surface area contributed by atoms with Crippen molar-refractivity contribution in [2.75, 3.05) is 13.1 Å². The first-order chi connectivity index (χ1) is 21.9. The van der Waals surface area contributed by atoms with Gasteiger partial charge in [0.05, 0.1) is 12.6 Å². The molecule has 1 aromatic carbocycles. The van der Waals surface area contributed by atoms with Crippen LogP contribution in [0.3, 0.4) is 0 Å². The lowest BCUT2D eigenvalue weighted by atomic mass is 9.85. The number of hydrogen-bond acceptors (Lipinski definition) is 6. The van der Waals surface area contributed by atoms with Crippen molar-refractivity contribution in [2.45, 2.75) is 126 Å². The van der Waals surface area contributed by atoms with E-state index in [1.165, 1.54) is 31.1 Å². The number of benzene rings is 1. The normalized spacial score (nSPS) is 17.9. The van der Waals surface area contributed by atoms with Gasteiger partial charge >= 0.3 is 6.03 Å². The van der Waals surface area contributed by atoms with Crippen molar-refractivity contribution < 1.29 is 28.8 Å². The van der Waals surface area contributed by atoms with E-state index in [0.717, 1.165) is 23.0 Å². The number of carbonyl (C=O) groups is 6. The Morgan fingerprint density at radius 1 is 0.896 bits per heavy atom. The predicted molar refractivity (Wildman–Crippen MR) is 187 cm³/mol. The van der Waals surface area contributed by atoms with Crippen LogP contribution in [-0.4, -0.2) is 76.5 Å². The Hall–Kier alpha value is -3.96. The highest BCUT2D eigenvalue weighted by molar-refractivity contribution is 6.37. The number of primary amides is 1. The summed E-state index contributed by atoms with van der Waals surface area (Å²) >= 11 is 0. The zero-order valence-corrected chi connectivity index (χ0v) is 29.5. The molecular weight excluding hydrogens is 612 g/mol. The molecule has 0 spiro atoms. The molecule has 4 rings (SSSR count). The van der Waals surface area contributed by atoms with E-state index in [1.807, 2.05) is 24.3 Å². The Balaban J connectivity index is 0.00000100. The summed E-state index contributed by atoms with van der Waals surface area (Å²) in [4.78, 5) is 77.7. The highest BCUT2D eigenvalue weighted by atomic mass is 16.2. The van der Waals surface area contributed by atoms with Gasteiger partial charge in [-0.3, -0.25) is 24.0 Å². The van der Waals surface area contributed by atoms with Crippen molar-refractivity contribution in [3.05, 3.63) is 35.4 Å². The van der Waals surface area contributed by atoms with Gasteiger partial charge in [0.15, 0.2) is 0 Å². The second-order valence-electron chi connectivity index (χ2n) is 14.6. The molecule has 5 N–H and O–H groups in total. The predicted octanol–water partition coefficient (Wildman–Crippen LogP) is 3.90. The first-order valence-electron chi connectivity index (χ1n) is 16.8. The third kappa shape index (κ3) is 12.9. The average Bonchev–Trinajstić information content (AvgIpc) is 3.64. The number of amides is 6. The van der Waals surface area contributed by atoms with Crippen molar-refractivity contribution in [3.63, 3.8) is 0 Å². The second kappa shape index (κ2) is 19.1. The molecule has 2 fully saturated rings. The van der Waals surface area contributed by atoms with Crippen LogP contribution < -0.4 is 21.7 Å². The van der Waals surface area contributed by atoms with Gasteiger partial charge in [0, 0.05) is 19.6 Å². The third-order valence-corrected chi connectivity index (χ3v) is 8.21. The fourth-order valence-electron chi connectivity index (χ4n) is 5.28. The molecule has 3 atom stereocenters. The van der Waals surface area contributed by atoms with Crippen LogP contribution in [0.25, 0.3) is 0 Å². The molecule has 1 aromatic rings. The molecule has 270 valence electrons. The molecule has 6 amide bonds. The van der Waals surface area contributed by atoms with Gasteiger partial charge in [-0.25, -0.2) is 4.79 Å². The number of nitrogens with one attached hydrogen (secondary N) is 3. The van der Waals surface area contributed by atoms with Crippen LogP contribution in [0.1, 0.15) is 106 Å². The van der Waals surface area contributed by atoms with E-state index in [1.54, 1.807) is 25.7 Å². The first-order valence-corrected chi connectivity index (χ1v) is 16.8. The van der Waals surface area contributed by atoms with Gasteiger partial charge in [-0.15, -0.1) is 0 Å². The number of fused-ring (bicyclic) bond motifs is 1. The average molecular weight is 673 g/mol. The number of likely N-dealkylation sites (tertiary alicyclic amines) is 1. The number of carbonyl (C=O) groups excluding carboxylic acids is 6. The summed E-state index contributed by atoms with van der Waals surface area (Å²) < 4.78 is 0. The summed E-state index contributed by atoms with van der Waals surface area (Å²) in [5.74, 6) is -1.48. The minimum atomic E-state index is -1.16. The number of rotatable bonds is 8. The number of nitrogens with two attached hydrogens (primary N) is 1. The zero-order valence-electron chi connectivity index (χ0n) is 29.5. The topological polar surface area (TPSA) is 171 Å². The molecule has 0 radical (unpaired) electrons. The number of nitrogens with zero attached hydrogens (tertiary/aromatic N) is 2. The molecule has 3 unspecified atom stereocenters. The number of Topliss-reactive ketones (excluding diaryl/α,β-unsaturated/α-hetero) is 1. The summed E-state index contributed by atoms with van der Waals surface area (Å²) in [6, 6.07) is 4.10. The van der Waals surface area contributed by atoms with Crippen molar-refractivity contribution in [2.24, 2.45) is 23.0 Å². The van der Waals surface area contributed by atoms with Crippen LogP contribution in [0.5, 0.6) is 0 Å². The molecule has 1 saturated heterocycles. The van der Waals surface area contributed by atoms with E-state index in [9.17, 15) is 28.8 Å². The highest BCUT2D eigenvalue weighted by Gasteiger charge is 2.42. The van der Waals surface area contributed by atoms with E-state index < -0.39 is 53.1 Å². The second-order valence-corrected chi connectivity index (χ2v) is 14.6. The zero-order chi connectivity index (χ0) is 35.5. The van der Waals surface area contributed by atoms with Gasteiger partial charge in [-0.2, -0.15) is 0 Å². The molecule has 1 aliphatic carbocycles. The van der Waals surface area contributed by atoms with E-state index in [2.05, 4.69) is 43.6 Å². The van der Waals surface area contributed by atoms with E-state index in [4.69, 9.17) is 5.73 Å². The molecule has 0 bridgehead atoms. The van der Waals surface area contributed by atoms with Gasteiger partial charge in [0.2, 0.25) is 23.5 Å². The molecule has 48 heavy (non-hydrogen) atoms. The maximum absolute atomic E-state index is 13.5. The van der Waals surface area contributed by atoms with Crippen molar-refractivity contribution >= 4 is 35.4 Å². The van der Waals surface area contributed by atoms with E-state index in [0.29, 0.717) is 32.5 Å². The van der Waals surface area contributed by atoms with E-state index in [-0.39, 0.29) is 19.9 Å². The minimum Gasteiger partial charge on any atom is -0.363 e. The highest BCUT2D eigenvalue weighted by Crippen LogP contribution is 2.26. The maximum Gasteiger partial charge on any atom is 0.315 e. The SMILES string of the molecule is C.CC(C)C.CC(NC(=O)C1CCCN1C(=O)C(NC(=O)NCC(=O)N1Cc2ccccc2C1)C(C)(C)C)C(=O)C(N)=O.CC1CCC1. The molecule has 1 saturated carbocycles. The van der Waals surface area contributed by atoms with Gasteiger partial charge in [-0.05, 0) is 48.1 Å². The summed E-state index contributed by atoms with van der Waals surface area (Å²) in [5, 5.41) is 7.66. The summed E-state index contributed by atoms with van der Waals surface area (Å²) in [6.45, 7) is 16.5. The maximum atomic E-state index is 13.5. The Morgan fingerprint density at radius 2 is 1.42 bits per heavy atom.